The lowest BCUT2D eigenvalue weighted by molar-refractivity contribution is -0.928. The molecule has 3 atom stereocenters. The Kier molecular flexibility index (Phi) is 3.89. The fourth-order valence-corrected chi connectivity index (χ4v) is 6.30. The minimum absolute atomic E-state index is 0.237. The molecule has 26 heavy (non-hydrogen) atoms. The summed E-state index contributed by atoms with van der Waals surface area (Å²) in [4.78, 5) is 18.5. The molecule has 2 N–H and O–H groups in total. The van der Waals surface area contributed by atoms with Gasteiger partial charge in [-0.3, -0.25) is 4.79 Å². The van der Waals surface area contributed by atoms with Gasteiger partial charge in [0.2, 0.25) is 0 Å². The molecule has 2 fully saturated rings. The van der Waals surface area contributed by atoms with Crippen molar-refractivity contribution in [2.24, 2.45) is 10.8 Å². The number of likely N-dealkylation sites (tertiary alicyclic amines) is 1. The SMILES string of the molecule is Cc1cc(C)c2[nH]c(C)c(C[NH+]3C[C@@]4(C)C[C@@H]3CC(C)(C)C4)c(=O)c2c1. The van der Waals surface area contributed by atoms with Crippen LogP contribution in [0.3, 0.4) is 0 Å². The first-order valence-corrected chi connectivity index (χ1v) is 10.0. The van der Waals surface area contributed by atoms with Crippen LogP contribution < -0.4 is 10.3 Å². The highest BCUT2D eigenvalue weighted by Crippen LogP contribution is 2.47. The van der Waals surface area contributed by atoms with Crippen molar-refractivity contribution in [3.05, 3.63) is 44.7 Å². The molecular weight excluding hydrogens is 320 g/mol. The molecule has 3 nitrogen and oxygen atoms in total. The lowest BCUT2D eigenvalue weighted by Gasteiger charge is -2.37. The largest absolute Gasteiger partial charge is 0.358 e. The number of aryl methyl sites for hydroxylation is 3. The molecule has 0 amide bonds. The quantitative estimate of drug-likeness (QED) is 0.853. The van der Waals surface area contributed by atoms with Crippen LogP contribution in [0.5, 0.6) is 0 Å². The predicted octanol–water partition coefficient (Wildman–Crippen LogP) is 3.44. The Morgan fingerprint density at radius 1 is 1.15 bits per heavy atom. The minimum atomic E-state index is 0.237. The molecule has 2 aliphatic rings. The number of rotatable bonds is 2. The molecule has 140 valence electrons. The zero-order valence-electron chi connectivity index (χ0n) is 17.2. The van der Waals surface area contributed by atoms with E-state index in [-0.39, 0.29) is 5.43 Å². The zero-order valence-corrected chi connectivity index (χ0v) is 17.2. The number of aromatic nitrogens is 1. The number of nitrogens with one attached hydrogen (secondary N) is 2. The van der Waals surface area contributed by atoms with Crippen LogP contribution in [0.2, 0.25) is 0 Å². The first-order valence-electron chi connectivity index (χ1n) is 10.0. The first-order chi connectivity index (χ1) is 12.1. The molecule has 1 saturated carbocycles. The Morgan fingerprint density at radius 2 is 1.88 bits per heavy atom. The maximum atomic E-state index is 13.3. The van der Waals surface area contributed by atoms with Crippen molar-refractivity contribution in [3.8, 4) is 0 Å². The second-order valence-electron chi connectivity index (χ2n) is 10.3. The number of H-pyrrole nitrogens is 1. The van der Waals surface area contributed by atoms with Gasteiger partial charge in [0.05, 0.1) is 23.7 Å². The van der Waals surface area contributed by atoms with Gasteiger partial charge in [0, 0.05) is 29.3 Å². The molecule has 2 heterocycles. The molecule has 1 aromatic heterocycles. The molecule has 1 aliphatic carbocycles. The van der Waals surface area contributed by atoms with Crippen LogP contribution in [-0.2, 0) is 6.54 Å². The summed E-state index contributed by atoms with van der Waals surface area (Å²) in [7, 11) is 0. The van der Waals surface area contributed by atoms with E-state index in [2.05, 4.69) is 52.6 Å². The molecule has 2 bridgehead atoms. The van der Waals surface area contributed by atoms with Crippen LogP contribution in [0.15, 0.2) is 16.9 Å². The van der Waals surface area contributed by atoms with Gasteiger partial charge in [0.25, 0.3) is 0 Å². The Bertz CT molecular complexity index is 939. The number of quaternary nitrogens is 1. The van der Waals surface area contributed by atoms with E-state index in [0.29, 0.717) is 16.9 Å². The number of hydrogen-bond donors (Lipinski definition) is 2. The average molecular weight is 354 g/mol. The summed E-state index contributed by atoms with van der Waals surface area (Å²) in [5, 5.41) is 0.858. The van der Waals surface area contributed by atoms with Crippen molar-refractivity contribution < 1.29 is 4.90 Å². The van der Waals surface area contributed by atoms with Gasteiger partial charge in [-0.25, -0.2) is 0 Å². The Labute approximate surface area is 156 Å². The van der Waals surface area contributed by atoms with Crippen molar-refractivity contribution in [1.82, 2.24) is 4.98 Å². The van der Waals surface area contributed by atoms with Crippen molar-refractivity contribution in [3.63, 3.8) is 0 Å². The van der Waals surface area contributed by atoms with Crippen LogP contribution in [0.25, 0.3) is 10.9 Å². The maximum Gasteiger partial charge on any atom is 0.198 e. The van der Waals surface area contributed by atoms with Gasteiger partial charge in [-0.15, -0.1) is 0 Å². The second kappa shape index (κ2) is 5.69. The van der Waals surface area contributed by atoms with E-state index >= 15 is 0 Å². The van der Waals surface area contributed by atoms with Gasteiger partial charge in [0.15, 0.2) is 5.43 Å². The Hall–Kier alpha value is -1.61. The summed E-state index contributed by atoms with van der Waals surface area (Å²) in [5.74, 6) is 0. The highest BCUT2D eigenvalue weighted by Gasteiger charge is 2.52. The molecule has 0 spiro atoms. The molecule has 2 aromatic rings. The van der Waals surface area contributed by atoms with Crippen LogP contribution in [-0.4, -0.2) is 17.6 Å². The van der Waals surface area contributed by atoms with Gasteiger partial charge in [-0.2, -0.15) is 0 Å². The Morgan fingerprint density at radius 3 is 2.62 bits per heavy atom. The fourth-order valence-electron chi connectivity index (χ4n) is 6.30. The lowest BCUT2D eigenvalue weighted by Crippen LogP contribution is -3.12. The fraction of sp³-hybridized carbons (Fsp3) is 0.609. The highest BCUT2D eigenvalue weighted by atomic mass is 16.1. The number of fused-ring (bicyclic) bond motifs is 3. The number of pyridine rings is 1. The van der Waals surface area contributed by atoms with Gasteiger partial charge in [0.1, 0.15) is 6.54 Å². The van der Waals surface area contributed by atoms with E-state index in [4.69, 9.17) is 0 Å². The topological polar surface area (TPSA) is 37.3 Å². The number of hydrogen-bond acceptors (Lipinski definition) is 1. The standard InChI is InChI=1S/C23H32N2O/c1-14-7-15(2)20-18(8-14)21(26)19(16(3)24-20)11-25-13-23(6)10-17(25)9-22(4,5)12-23/h7-8,17H,9-13H2,1-6H3,(H,24,26)/p+1/t17-,23-/m0/s1. The molecular formula is C23H33N2O+. The molecule has 1 unspecified atom stereocenters. The van der Waals surface area contributed by atoms with E-state index in [1.165, 1.54) is 25.8 Å². The number of benzene rings is 1. The van der Waals surface area contributed by atoms with E-state index < -0.39 is 0 Å². The van der Waals surface area contributed by atoms with E-state index in [1.807, 2.05) is 6.07 Å². The van der Waals surface area contributed by atoms with Crippen molar-refractivity contribution in [2.75, 3.05) is 6.54 Å². The summed E-state index contributed by atoms with van der Waals surface area (Å²) in [6.45, 7) is 15.6. The summed E-state index contributed by atoms with van der Waals surface area (Å²) >= 11 is 0. The monoisotopic (exact) mass is 353 g/mol. The summed E-state index contributed by atoms with van der Waals surface area (Å²) in [5.41, 5.74) is 6.47. The molecule has 1 aliphatic heterocycles. The van der Waals surface area contributed by atoms with Gasteiger partial charge in [-0.1, -0.05) is 26.8 Å². The van der Waals surface area contributed by atoms with Crippen LogP contribution in [0.4, 0.5) is 0 Å². The highest BCUT2D eigenvalue weighted by molar-refractivity contribution is 5.83. The lowest BCUT2D eigenvalue weighted by atomic mass is 9.65. The zero-order chi connectivity index (χ0) is 18.9. The van der Waals surface area contributed by atoms with E-state index in [1.54, 1.807) is 4.90 Å². The van der Waals surface area contributed by atoms with Gasteiger partial charge >= 0.3 is 0 Å². The second-order valence-corrected chi connectivity index (χ2v) is 10.3. The van der Waals surface area contributed by atoms with Crippen molar-refractivity contribution >= 4 is 10.9 Å². The van der Waals surface area contributed by atoms with Gasteiger partial charge < -0.3 is 9.88 Å². The summed E-state index contributed by atoms with van der Waals surface area (Å²) in [6.07, 6.45) is 3.90. The van der Waals surface area contributed by atoms with Crippen molar-refractivity contribution in [1.29, 1.82) is 0 Å². The molecule has 4 rings (SSSR count). The smallest absolute Gasteiger partial charge is 0.198 e. The normalized spacial score (nSPS) is 30.1. The average Bonchev–Trinajstić information content (AvgIpc) is 2.73. The van der Waals surface area contributed by atoms with E-state index in [9.17, 15) is 4.79 Å². The van der Waals surface area contributed by atoms with Crippen LogP contribution in [0.1, 0.15) is 62.4 Å². The van der Waals surface area contributed by atoms with Crippen molar-refractivity contribution in [2.45, 2.75) is 73.4 Å². The third-order valence-electron chi connectivity index (χ3n) is 6.84. The first kappa shape index (κ1) is 17.8. The predicted molar refractivity (Wildman–Crippen MR) is 108 cm³/mol. The third kappa shape index (κ3) is 2.90. The molecule has 1 aromatic carbocycles. The molecule has 3 heteroatoms. The third-order valence-corrected chi connectivity index (χ3v) is 6.84. The van der Waals surface area contributed by atoms with Crippen LogP contribution in [0, 0.1) is 31.6 Å². The minimum Gasteiger partial charge on any atom is -0.358 e. The Balaban J connectivity index is 1.74. The van der Waals surface area contributed by atoms with E-state index in [0.717, 1.165) is 39.8 Å². The van der Waals surface area contributed by atoms with Gasteiger partial charge in [-0.05, 0) is 49.8 Å². The molecule has 0 radical (unpaired) electrons. The number of aromatic amines is 1. The summed E-state index contributed by atoms with van der Waals surface area (Å²) < 4.78 is 0. The summed E-state index contributed by atoms with van der Waals surface area (Å²) in [6, 6.07) is 4.89. The van der Waals surface area contributed by atoms with Crippen LogP contribution >= 0.6 is 0 Å². The molecule has 1 saturated heterocycles. The maximum absolute atomic E-state index is 13.3.